The minimum Gasteiger partial charge on any atom is -0.277 e. The first-order chi connectivity index (χ1) is 8.49. The van der Waals surface area contributed by atoms with Crippen molar-refractivity contribution in [1.82, 2.24) is 4.98 Å². The highest BCUT2D eigenvalue weighted by Gasteiger charge is 2.16. The summed E-state index contributed by atoms with van der Waals surface area (Å²) in [7, 11) is -3.82. The van der Waals surface area contributed by atoms with Gasteiger partial charge in [0, 0.05) is 16.9 Å². The minimum absolute atomic E-state index is 0.0210. The summed E-state index contributed by atoms with van der Waals surface area (Å²) in [5.74, 6) is -0.656. The Morgan fingerprint density at radius 1 is 1.28 bits per heavy atom. The highest BCUT2D eigenvalue weighted by Crippen LogP contribution is 2.22. The van der Waals surface area contributed by atoms with Crippen LogP contribution in [0, 0.1) is 5.82 Å². The van der Waals surface area contributed by atoms with Gasteiger partial charge in [-0.15, -0.1) is 0 Å². The van der Waals surface area contributed by atoms with Crippen LogP contribution < -0.4 is 4.72 Å². The summed E-state index contributed by atoms with van der Waals surface area (Å²) in [5, 5.41) is 0. The molecule has 0 aliphatic heterocycles. The predicted molar refractivity (Wildman–Crippen MR) is 69.1 cm³/mol. The van der Waals surface area contributed by atoms with E-state index in [1.165, 1.54) is 36.7 Å². The van der Waals surface area contributed by atoms with E-state index in [-0.39, 0.29) is 10.6 Å². The number of nitrogens with zero attached hydrogens (tertiary/aromatic N) is 1. The van der Waals surface area contributed by atoms with E-state index in [0.717, 1.165) is 0 Å². The summed E-state index contributed by atoms with van der Waals surface area (Å²) < 4.78 is 40.0. The summed E-state index contributed by atoms with van der Waals surface area (Å²) >= 11 is 3.09. The largest absolute Gasteiger partial charge is 0.277 e. The second-order valence-corrected chi connectivity index (χ2v) is 6.02. The first-order valence-electron chi connectivity index (χ1n) is 4.87. The van der Waals surface area contributed by atoms with Crippen LogP contribution in [-0.2, 0) is 10.0 Å². The molecule has 94 valence electrons. The van der Waals surface area contributed by atoms with Crippen molar-refractivity contribution in [3.8, 4) is 0 Å². The van der Waals surface area contributed by atoms with Gasteiger partial charge in [0.1, 0.15) is 10.7 Å². The summed E-state index contributed by atoms with van der Waals surface area (Å²) in [6, 6.07) is 6.94. The normalized spacial score (nSPS) is 11.2. The third kappa shape index (κ3) is 2.85. The predicted octanol–water partition coefficient (Wildman–Crippen LogP) is 2.78. The molecule has 2 rings (SSSR count). The SMILES string of the molecule is O=S(=O)(Nc1ccc(Br)cc1F)c1cccnc1. The molecule has 0 radical (unpaired) electrons. The minimum atomic E-state index is -3.82. The standard InChI is InChI=1S/C11H8BrFN2O2S/c12-8-3-4-11(10(13)6-8)15-18(16,17)9-2-1-5-14-7-9/h1-7,15H. The number of benzene rings is 1. The van der Waals surface area contributed by atoms with E-state index in [2.05, 4.69) is 25.6 Å². The molecular formula is C11H8BrFN2O2S. The average Bonchev–Trinajstić information content (AvgIpc) is 2.34. The third-order valence-corrected chi connectivity index (χ3v) is 3.96. The zero-order chi connectivity index (χ0) is 13.2. The van der Waals surface area contributed by atoms with Gasteiger partial charge in [-0.1, -0.05) is 15.9 Å². The van der Waals surface area contributed by atoms with Gasteiger partial charge in [0.25, 0.3) is 10.0 Å². The van der Waals surface area contributed by atoms with Crippen molar-refractivity contribution in [2.45, 2.75) is 4.90 Å². The van der Waals surface area contributed by atoms with Crippen molar-refractivity contribution >= 4 is 31.6 Å². The van der Waals surface area contributed by atoms with Gasteiger partial charge in [0.05, 0.1) is 5.69 Å². The van der Waals surface area contributed by atoms with E-state index in [0.29, 0.717) is 4.47 Å². The third-order valence-electron chi connectivity index (χ3n) is 2.12. The second kappa shape index (κ2) is 5.03. The van der Waals surface area contributed by atoms with Crippen LogP contribution in [0.5, 0.6) is 0 Å². The Balaban J connectivity index is 2.34. The fourth-order valence-corrected chi connectivity index (χ4v) is 2.65. The molecule has 1 N–H and O–H groups in total. The second-order valence-electron chi connectivity index (χ2n) is 3.42. The number of halogens is 2. The van der Waals surface area contributed by atoms with E-state index in [9.17, 15) is 12.8 Å². The van der Waals surface area contributed by atoms with Gasteiger partial charge in [0.2, 0.25) is 0 Å². The summed E-state index contributed by atoms with van der Waals surface area (Å²) in [5.41, 5.74) is -0.109. The van der Waals surface area contributed by atoms with Crippen LogP contribution in [-0.4, -0.2) is 13.4 Å². The van der Waals surface area contributed by atoms with Gasteiger partial charge >= 0.3 is 0 Å². The summed E-state index contributed by atoms with van der Waals surface area (Å²) in [4.78, 5) is 3.69. The molecule has 7 heteroatoms. The van der Waals surface area contributed by atoms with Crippen LogP contribution in [0.2, 0.25) is 0 Å². The molecule has 2 aromatic rings. The molecule has 0 unspecified atom stereocenters. The molecule has 0 saturated heterocycles. The Kier molecular flexibility index (Phi) is 3.63. The van der Waals surface area contributed by atoms with Crippen LogP contribution in [0.1, 0.15) is 0 Å². The smallest absolute Gasteiger partial charge is 0.263 e. The highest BCUT2D eigenvalue weighted by molar-refractivity contribution is 9.10. The van der Waals surface area contributed by atoms with Crippen molar-refractivity contribution in [3.63, 3.8) is 0 Å². The highest BCUT2D eigenvalue weighted by atomic mass is 79.9. The van der Waals surface area contributed by atoms with Crippen LogP contribution >= 0.6 is 15.9 Å². The van der Waals surface area contributed by atoms with Crippen molar-refractivity contribution in [3.05, 3.63) is 53.0 Å². The molecule has 18 heavy (non-hydrogen) atoms. The fourth-order valence-electron chi connectivity index (χ4n) is 1.28. The van der Waals surface area contributed by atoms with E-state index in [4.69, 9.17) is 0 Å². The number of nitrogens with one attached hydrogen (secondary N) is 1. The molecule has 4 nitrogen and oxygen atoms in total. The van der Waals surface area contributed by atoms with Crippen molar-refractivity contribution in [2.75, 3.05) is 4.72 Å². The van der Waals surface area contributed by atoms with E-state index >= 15 is 0 Å². The molecule has 0 atom stereocenters. The molecule has 0 amide bonds. The first kappa shape index (κ1) is 13.0. The molecule has 0 aliphatic carbocycles. The lowest BCUT2D eigenvalue weighted by Crippen LogP contribution is -2.14. The van der Waals surface area contributed by atoms with Gasteiger partial charge in [-0.3, -0.25) is 9.71 Å². The van der Waals surface area contributed by atoms with E-state index < -0.39 is 15.8 Å². The molecule has 0 spiro atoms. The molecule has 1 aromatic heterocycles. The topological polar surface area (TPSA) is 59.1 Å². The quantitative estimate of drug-likeness (QED) is 0.941. The molecule has 0 saturated carbocycles. The Hall–Kier alpha value is -1.47. The van der Waals surface area contributed by atoms with Crippen LogP contribution in [0.15, 0.2) is 52.1 Å². The lowest BCUT2D eigenvalue weighted by Gasteiger charge is -2.08. The Morgan fingerprint density at radius 2 is 2.06 bits per heavy atom. The number of anilines is 1. The molecule has 1 aromatic carbocycles. The zero-order valence-electron chi connectivity index (χ0n) is 8.97. The molecule has 0 fully saturated rings. The van der Waals surface area contributed by atoms with E-state index in [1.807, 2.05) is 0 Å². The lowest BCUT2D eigenvalue weighted by atomic mass is 10.3. The maximum atomic E-state index is 13.5. The first-order valence-corrected chi connectivity index (χ1v) is 7.14. The molecule has 0 bridgehead atoms. The van der Waals surface area contributed by atoms with Crippen LogP contribution in [0.25, 0.3) is 0 Å². The Labute approximate surface area is 112 Å². The van der Waals surface area contributed by atoms with Crippen molar-refractivity contribution in [1.29, 1.82) is 0 Å². The van der Waals surface area contributed by atoms with Crippen molar-refractivity contribution in [2.24, 2.45) is 0 Å². The fraction of sp³-hybridized carbons (Fsp3) is 0. The maximum Gasteiger partial charge on any atom is 0.263 e. The number of hydrogen-bond acceptors (Lipinski definition) is 3. The number of pyridine rings is 1. The van der Waals surface area contributed by atoms with Gasteiger partial charge in [-0.25, -0.2) is 12.8 Å². The number of hydrogen-bond donors (Lipinski definition) is 1. The van der Waals surface area contributed by atoms with Gasteiger partial charge < -0.3 is 0 Å². The summed E-state index contributed by atoms with van der Waals surface area (Å²) in [6.07, 6.45) is 2.65. The van der Waals surface area contributed by atoms with Crippen LogP contribution in [0.3, 0.4) is 0 Å². The Morgan fingerprint density at radius 3 is 2.67 bits per heavy atom. The maximum absolute atomic E-state index is 13.5. The van der Waals surface area contributed by atoms with Crippen molar-refractivity contribution < 1.29 is 12.8 Å². The number of sulfonamides is 1. The summed E-state index contributed by atoms with van der Waals surface area (Å²) in [6.45, 7) is 0. The zero-order valence-corrected chi connectivity index (χ0v) is 11.4. The number of rotatable bonds is 3. The van der Waals surface area contributed by atoms with Gasteiger partial charge in [-0.2, -0.15) is 0 Å². The molecular weight excluding hydrogens is 323 g/mol. The Bertz CT molecular complexity index is 662. The average molecular weight is 331 g/mol. The molecule has 0 aliphatic rings. The lowest BCUT2D eigenvalue weighted by molar-refractivity contribution is 0.598. The van der Waals surface area contributed by atoms with Gasteiger partial charge in [-0.05, 0) is 30.3 Å². The van der Waals surface area contributed by atoms with Gasteiger partial charge in [0.15, 0.2) is 0 Å². The monoisotopic (exact) mass is 330 g/mol. The van der Waals surface area contributed by atoms with Crippen LogP contribution in [0.4, 0.5) is 10.1 Å². The van der Waals surface area contributed by atoms with E-state index in [1.54, 1.807) is 6.07 Å². The molecule has 1 heterocycles. The number of aromatic nitrogens is 1.